The number of aliphatic hydroxyl groups is 1. The molecule has 6 heteroatoms. The van der Waals surface area contributed by atoms with Crippen LogP contribution < -0.4 is 5.32 Å². The summed E-state index contributed by atoms with van der Waals surface area (Å²) >= 11 is 6.15. The van der Waals surface area contributed by atoms with Gasteiger partial charge in [0.1, 0.15) is 17.0 Å². The first-order valence-corrected chi connectivity index (χ1v) is 7.02. The van der Waals surface area contributed by atoms with E-state index in [-0.39, 0.29) is 18.4 Å². The van der Waals surface area contributed by atoms with Crippen molar-refractivity contribution < 1.29 is 14.4 Å². The normalized spacial score (nSPS) is 12.2. The van der Waals surface area contributed by atoms with Gasteiger partial charge in [0, 0.05) is 18.7 Å². The van der Waals surface area contributed by atoms with E-state index in [1.165, 1.54) is 0 Å². The highest BCUT2D eigenvalue weighted by molar-refractivity contribution is 6.33. The molecule has 1 atom stereocenters. The molecule has 0 fully saturated rings. The zero-order valence-corrected chi connectivity index (χ0v) is 12.6. The molecule has 1 aromatic heterocycles. The average Bonchev–Trinajstić information content (AvgIpc) is 2.86. The van der Waals surface area contributed by atoms with Gasteiger partial charge in [0.2, 0.25) is 0 Å². The van der Waals surface area contributed by atoms with Crippen LogP contribution in [0.1, 0.15) is 23.0 Å². The second-order valence-electron chi connectivity index (χ2n) is 4.94. The summed E-state index contributed by atoms with van der Waals surface area (Å²) in [5, 5.41) is 16.2. The molecular formula is C15H17ClN2O3. The number of hydrogen-bond donors (Lipinski definition) is 2. The van der Waals surface area contributed by atoms with E-state index in [2.05, 4.69) is 10.5 Å². The number of carbonyl (C=O) groups is 1. The van der Waals surface area contributed by atoms with Gasteiger partial charge in [-0.25, -0.2) is 0 Å². The van der Waals surface area contributed by atoms with E-state index in [1.807, 2.05) is 13.0 Å². The Hall–Kier alpha value is -1.85. The molecule has 0 bridgehead atoms. The molecule has 0 spiro atoms. The van der Waals surface area contributed by atoms with Crippen LogP contribution in [0.15, 0.2) is 28.8 Å². The van der Waals surface area contributed by atoms with Gasteiger partial charge in [-0.1, -0.05) is 41.9 Å². The highest BCUT2D eigenvalue weighted by Crippen LogP contribution is 2.30. The molecule has 1 unspecified atom stereocenters. The number of hydrogen-bond acceptors (Lipinski definition) is 4. The molecular weight excluding hydrogens is 292 g/mol. The highest BCUT2D eigenvalue weighted by Gasteiger charge is 2.22. The van der Waals surface area contributed by atoms with Crippen LogP contribution in [0, 0.1) is 12.8 Å². The Kier molecular flexibility index (Phi) is 4.98. The Bertz CT molecular complexity index is 640. The minimum atomic E-state index is -0.288. The van der Waals surface area contributed by atoms with Gasteiger partial charge in [-0.15, -0.1) is 0 Å². The van der Waals surface area contributed by atoms with E-state index in [9.17, 15) is 4.79 Å². The van der Waals surface area contributed by atoms with Crippen LogP contribution in [0.5, 0.6) is 0 Å². The largest absolute Gasteiger partial charge is 0.396 e. The third kappa shape index (κ3) is 3.43. The number of nitrogens with one attached hydrogen (secondary N) is 1. The quantitative estimate of drug-likeness (QED) is 0.890. The zero-order chi connectivity index (χ0) is 15.4. The molecule has 0 aliphatic rings. The van der Waals surface area contributed by atoms with E-state index in [4.69, 9.17) is 21.2 Å². The predicted octanol–water partition coefficient (Wildman–Crippen LogP) is 2.66. The highest BCUT2D eigenvalue weighted by atomic mass is 35.5. The second kappa shape index (κ2) is 6.74. The molecule has 1 heterocycles. The standard InChI is InChI=1S/C15H17ClN2O3/c1-9(8-19)7-17-15(20)13-10(2)21-18-14(13)11-5-3-4-6-12(11)16/h3-6,9,19H,7-8H2,1-2H3,(H,17,20). The number of benzene rings is 1. The average molecular weight is 309 g/mol. The number of rotatable bonds is 5. The molecule has 1 aromatic carbocycles. The van der Waals surface area contributed by atoms with Gasteiger partial charge in [0.25, 0.3) is 5.91 Å². The maximum Gasteiger partial charge on any atom is 0.257 e. The van der Waals surface area contributed by atoms with Gasteiger partial charge in [-0.2, -0.15) is 0 Å². The summed E-state index contributed by atoms with van der Waals surface area (Å²) in [5.41, 5.74) is 1.44. The summed E-state index contributed by atoms with van der Waals surface area (Å²) < 4.78 is 5.14. The van der Waals surface area contributed by atoms with Crippen molar-refractivity contribution in [1.29, 1.82) is 0 Å². The van der Waals surface area contributed by atoms with Crippen LogP contribution in [0.4, 0.5) is 0 Å². The van der Waals surface area contributed by atoms with Crippen LogP contribution in [-0.4, -0.2) is 29.3 Å². The van der Waals surface area contributed by atoms with Gasteiger partial charge in [0.15, 0.2) is 0 Å². The molecule has 2 N–H and O–H groups in total. The number of halogens is 1. The smallest absolute Gasteiger partial charge is 0.257 e. The van der Waals surface area contributed by atoms with E-state index < -0.39 is 0 Å². The van der Waals surface area contributed by atoms with Crippen molar-refractivity contribution in [3.05, 3.63) is 40.6 Å². The molecule has 5 nitrogen and oxygen atoms in total. The van der Waals surface area contributed by atoms with E-state index >= 15 is 0 Å². The lowest BCUT2D eigenvalue weighted by atomic mass is 10.1. The summed E-state index contributed by atoms with van der Waals surface area (Å²) in [7, 11) is 0. The number of aryl methyl sites for hydroxylation is 1. The van der Waals surface area contributed by atoms with E-state index in [0.29, 0.717) is 34.1 Å². The Labute approximate surface area is 127 Å². The monoisotopic (exact) mass is 308 g/mol. The Morgan fingerprint density at radius 2 is 2.19 bits per heavy atom. The summed E-state index contributed by atoms with van der Waals surface area (Å²) in [6.07, 6.45) is 0. The number of aliphatic hydroxyl groups excluding tert-OH is 1. The molecule has 0 saturated carbocycles. The Balaban J connectivity index is 2.31. The van der Waals surface area contributed by atoms with Gasteiger partial charge in [-0.05, 0) is 18.9 Å². The summed E-state index contributed by atoms with van der Waals surface area (Å²) in [5.74, 6) is 0.126. The Morgan fingerprint density at radius 3 is 2.86 bits per heavy atom. The van der Waals surface area contributed by atoms with E-state index in [0.717, 1.165) is 0 Å². The van der Waals surface area contributed by atoms with Crippen molar-refractivity contribution in [3.63, 3.8) is 0 Å². The molecule has 0 aliphatic heterocycles. The first kappa shape index (κ1) is 15.5. The maximum atomic E-state index is 12.3. The molecule has 0 saturated heterocycles. The van der Waals surface area contributed by atoms with Crippen molar-refractivity contribution in [2.45, 2.75) is 13.8 Å². The van der Waals surface area contributed by atoms with Gasteiger partial charge < -0.3 is 14.9 Å². The molecule has 21 heavy (non-hydrogen) atoms. The first-order chi connectivity index (χ1) is 10.0. The lowest BCUT2D eigenvalue weighted by Crippen LogP contribution is -2.30. The molecule has 1 amide bonds. The number of aromatic nitrogens is 1. The van der Waals surface area contributed by atoms with Crippen LogP contribution in [0.2, 0.25) is 5.02 Å². The molecule has 2 rings (SSSR count). The molecule has 0 radical (unpaired) electrons. The van der Waals surface area contributed by atoms with Gasteiger partial charge in [0.05, 0.1) is 5.02 Å². The second-order valence-corrected chi connectivity index (χ2v) is 5.35. The topological polar surface area (TPSA) is 75.4 Å². The lowest BCUT2D eigenvalue weighted by molar-refractivity contribution is 0.0941. The summed E-state index contributed by atoms with van der Waals surface area (Å²) in [4.78, 5) is 12.3. The zero-order valence-electron chi connectivity index (χ0n) is 11.9. The van der Waals surface area contributed by atoms with Gasteiger partial charge >= 0.3 is 0 Å². The minimum Gasteiger partial charge on any atom is -0.396 e. The molecule has 112 valence electrons. The number of carbonyl (C=O) groups excluding carboxylic acids is 1. The van der Waals surface area contributed by atoms with E-state index in [1.54, 1.807) is 25.1 Å². The summed E-state index contributed by atoms with van der Waals surface area (Å²) in [6.45, 7) is 3.91. The minimum absolute atomic E-state index is 0.0142. The number of nitrogens with zero attached hydrogens (tertiary/aromatic N) is 1. The number of amides is 1. The van der Waals surface area contributed by atoms with Crippen molar-refractivity contribution in [1.82, 2.24) is 10.5 Å². The predicted molar refractivity (Wildman–Crippen MR) is 80.3 cm³/mol. The summed E-state index contributed by atoms with van der Waals surface area (Å²) in [6, 6.07) is 7.14. The lowest BCUT2D eigenvalue weighted by Gasteiger charge is -2.10. The van der Waals surface area contributed by atoms with Crippen molar-refractivity contribution in [2.24, 2.45) is 5.92 Å². The fraction of sp³-hybridized carbons (Fsp3) is 0.333. The van der Waals surface area contributed by atoms with Crippen molar-refractivity contribution in [3.8, 4) is 11.3 Å². The van der Waals surface area contributed by atoms with Gasteiger partial charge in [-0.3, -0.25) is 4.79 Å². The van der Waals surface area contributed by atoms with Crippen LogP contribution in [0.25, 0.3) is 11.3 Å². The molecule has 0 aliphatic carbocycles. The maximum absolute atomic E-state index is 12.3. The first-order valence-electron chi connectivity index (χ1n) is 6.64. The third-order valence-corrected chi connectivity index (χ3v) is 3.47. The van der Waals surface area contributed by atoms with Crippen LogP contribution >= 0.6 is 11.6 Å². The third-order valence-electron chi connectivity index (χ3n) is 3.14. The fourth-order valence-electron chi connectivity index (χ4n) is 1.90. The molecule has 2 aromatic rings. The van der Waals surface area contributed by atoms with Crippen LogP contribution in [-0.2, 0) is 0 Å². The fourth-order valence-corrected chi connectivity index (χ4v) is 2.12. The van der Waals surface area contributed by atoms with Crippen molar-refractivity contribution >= 4 is 17.5 Å². The SMILES string of the molecule is Cc1onc(-c2ccccc2Cl)c1C(=O)NCC(C)CO. The Morgan fingerprint density at radius 1 is 1.48 bits per heavy atom. The van der Waals surface area contributed by atoms with Crippen molar-refractivity contribution in [2.75, 3.05) is 13.2 Å². The van der Waals surface area contributed by atoms with Crippen LogP contribution in [0.3, 0.4) is 0 Å².